The van der Waals surface area contributed by atoms with Crippen molar-refractivity contribution in [3.63, 3.8) is 0 Å². The Hall–Kier alpha value is -3.15. The van der Waals surface area contributed by atoms with Gasteiger partial charge in [-0.25, -0.2) is 0 Å². The van der Waals surface area contributed by atoms with Gasteiger partial charge < -0.3 is 24.4 Å². The van der Waals surface area contributed by atoms with E-state index in [1.807, 2.05) is 24.3 Å². The van der Waals surface area contributed by atoms with Gasteiger partial charge in [0.2, 0.25) is 11.7 Å². The van der Waals surface area contributed by atoms with Gasteiger partial charge in [0.25, 0.3) is 0 Å². The minimum atomic E-state index is -0.660. The van der Waals surface area contributed by atoms with Gasteiger partial charge in [-0.2, -0.15) is 0 Å². The molecule has 1 amide bonds. The van der Waals surface area contributed by atoms with Crippen LogP contribution in [0, 0.1) is 0 Å². The van der Waals surface area contributed by atoms with Crippen molar-refractivity contribution < 1.29 is 19.0 Å². The molecule has 0 radical (unpaired) electrons. The van der Waals surface area contributed by atoms with E-state index in [2.05, 4.69) is 48.3 Å². The summed E-state index contributed by atoms with van der Waals surface area (Å²) in [5.74, 6) is 1.79. The number of benzene rings is 2. The lowest BCUT2D eigenvalue weighted by Crippen LogP contribution is -2.68. The molecule has 2 aliphatic rings. The molecular weight excluding hydrogens is 380 g/mol. The minimum Gasteiger partial charge on any atom is -0.493 e. The van der Waals surface area contributed by atoms with Crippen LogP contribution in [0.3, 0.4) is 0 Å². The Kier molecular flexibility index (Phi) is 4.88. The molecule has 1 saturated heterocycles. The van der Waals surface area contributed by atoms with Crippen LogP contribution in [-0.4, -0.2) is 39.4 Å². The first-order chi connectivity index (χ1) is 14.4. The van der Waals surface area contributed by atoms with E-state index in [0.29, 0.717) is 30.2 Å². The summed E-state index contributed by atoms with van der Waals surface area (Å²) in [5, 5.41) is 3.29. The van der Waals surface area contributed by atoms with Gasteiger partial charge in [0.15, 0.2) is 11.5 Å². The monoisotopic (exact) mass is 408 g/mol. The number of methoxy groups -OCH3 is 3. The molecule has 30 heavy (non-hydrogen) atoms. The number of hydrogen-bond donors (Lipinski definition) is 1. The largest absolute Gasteiger partial charge is 0.493 e. The SMILES string of the molecule is COc1cc(C=C[C@]23NC(=O)CCN2c2ccccc2C3(C)C)cc(OC)c1OC. The van der Waals surface area contributed by atoms with Gasteiger partial charge in [-0.3, -0.25) is 4.79 Å². The number of nitrogens with one attached hydrogen (secondary N) is 1. The average molecular weight is 408 g/mol. The second kappa shape index (κ2) is 7.27. The van der Waals surface area contributed by atoms with Gasteiger partial charge in [-0.15, -0.1) is 0 Å². The Bertz CT molecular complexity index is 989. The van der Waals surface area contributed by atoms with E-state index in [4.69, 9.17) is 14.2 Å². The quantitative estimate of drug-likeness (QED) is 0.817. The molecule has 2 aliphatic heterocycles. The fourth-order valence-electron chi connectivity index (χ4n) is 4.73. The van der Waals surface area contributed by atoms with Crippen LogP contribution in [-0.2, 0) is 10.2 Å². The van der Waals surface area contributed by atoms with E-state index in [1.54, 1.807) is 21.3 Å². The van der Waals surface area contributed by atoms with Crippen molar-refractivity contribution in [3.05, 3.63) is 53.6 Å². The molecule has 0 spiro atoms. The number of nitrogens with zero attached hydrogens (tertiary/aromatic N) is 1. The molecule has 2 heterocycles. The minimum absolute atomic E-state index is 0.0571. The highest BCUT2D eigenvalue weighted by Gasteiger charge is 2.57. The number of hydrogen-bond acceptors (Lipinski definition) is 5. The van der Waals surface area contributed by atoms with Crippen molar-refractivity contribution >= 4 is 17.7 Å². The van der Waals surface area contributed by atoms with Crippen LogP contribution in [0.2, 0.25) is 0 Å². The fraction of sp³-hybridized carbons (Fsp3) is 0.375. The first kappa shape index (κ1) is 20.1. The summed E-state index contributed by atoms with van der Waals surface area (Å²) in [6, 6.07) is 12.2. The molecule has 4 rings (SSSR count). The zero-order valence-electron chi connectivity index (χ0n) is 18.1. The van der Waals surface area contributed by atoms with Crippen LogP contribution in [0.15, 0.2) is 42.5 Å². The van der Waals surface area contributed by atoms with Gasteiger partial charge in [0.1, 0.15) is 5.66 Å². The fourth-order valence-corrected chi connectivity index (χ4v) is 4.73. The first-order valence-electron chi connectivity index (χ1n) is 10.1. The van der Waals surface area contributed by atoms with Crippen molar-refractivity contribution in [3.8, 4) is 17.2 Å². The molecule has 6 nitrogen and oxygen atoms in total. The summed E-state index contributed by atoms with van der Waals surface area (Å²) < 4.78 is 16.4. The molecule has 6 heteroatoms. The number of para-hydroxylation sites is 1. The summed E-state index contributed by atoms with van der Waals surface area (Å²) in [7, 11) is 4.79. The highest BCUT2D eigenvalue weighted by Crippen LogP contribution is 2.52. The number of anilines is 1. The number of rotatable bonds is 5. The van der Waals surface area contributed by atoms with Crippen molar-refractivity contribution in [1.82, 2.24) is 5.32 Å². The first-order valence-corrected chi connectivity index (χ1v) is 10.1. The van der Waals surface area contributed by atoms with Crippen LogP contribution in [0.25, 0.3) is 6.08 Å². The normalized spacial score (nSPS) is 21.8. The maximum Gasteiger partial charge on any atom is 0.223 e. The lowest BCUT2D eigenvalue weighted by atomic mass is 9.74. The van der Waals surface area contributed by atoms with E-state index in [0.717, 1.165) is 11.3 Å². The zero-order chi connectivity index (χ0) is 21.5. The number of ether oxygens (including phenoxy) is 3. The van der Waals surface area contributed by atoms with Crippen molar-refractivity contribution in [2.45, 2.75) is 31.3 Å². The van der Waals surface area contributed by atoms with Crippen LogP contribution in [0.4, 0.5) is 5.69 Å². The van der Waals surface area contributed by atoms with Crippen molar-refractivity contribution in [1.29, 1.82) is 0 Å². The molecule has 158 valence electrons. The Balaban J connectivity index is 1.82. The van der Waals surface area contributed by atoms with Crippen LogP contribution in [0.5, 0.6) is 17.2 Å². The molecule has 1 atom stereocenters. The van der Waals surface area contributed by atoms with Gasteiger partial charge in [0.05, 0.1) is 21.3 Å². The molecule has 0 aliphatic carbocycles. The lowest BCUT2D eigenvalue weighted by Gasteiger charge is -2.49. The van der Waals surface area contributed by atoms with Gasteiger partial charge >= 0.3 is 0 Å². The second-order valence-electron chi connectivity index (χ2n) is 8.15. The maximum atomic E-state index is 12.5. The van der Waals surface area contributed by atoms with E-state index in [1.165, 1.54) is 5.56 Å². The Labute approximate surface area is 177 Å². The molecule has 1 N–H and O–H groups in total. The summed E-state index contributed by atoms with van der Waals surface area (Å²) in [6.45, 7) is 5.03. The Morgan fingerprint density at radius 2 is 1.70 bits per heavy atom. The number of amides is 1. The molecule has 2 aromatic carbocycles. The van der Waals surface area contributed by atoms with Crippen LogP contribution < -0.4 is 24.4 Å². The van der Waals surface area contributed by atoms with Crippen LogP contribution in [0.1, 0.15) is 31.4 Å². The highest BCUT2D eigenvalue weighted by atomic mass is 16.5. The standard InChI is InChI=1S/C24H28N2O4/c1-23(2)17-8-6-7-9-18(17)26-13-11-21(27)25-24(23,26)12-10-16-14-19(28-3)22(30-5)20(15-16)29-4/h6-10,12,14-15H,11,13H2,1-5H3,(H,25,27)/t24-/m0/s1. The summed E-state index contributed by atoms with van der Waals surface area (Å²) in [6.07, 6.45) is 4.58. The molecule has 0 aromatic heterocycles. The van der Waals surface area contributed by atoms with Gasteiger partial charge in [-0.1, -0.05) is 38.1 Å². The predicted octanol–water partition coefficient (Wildman–Crippen LogP) is 3.74. The summed E-state index contributed by atoms with van der Waals surface area (Å²) >= 11 is 0. The van der Waals surface area contributed by atoms with E-state index in [-0.39, 0.29) is 11.3 Å². The highest BCUT2D eigenvalue weighted by molar-refractivity contribution is 5.84. The summed E-state index contributed by atoms with van der Waals surface area (Å²) in [5.41, 5.74) is 2.30. The summed E-state index contributed by atoms with van der Waals surface area (Å²) in [4.78, 5) is 14.8. The molecule has 0 unspecified atom stereocenters. The maximum absolute atomic E-state index is 12.5. The number of carbonyl (C=O) groups excluding carboxylic acids is 1. The third kappa shape index (κ3) is 2.82. The second-order valence-corrected chi connectivity index (χ2v) is 8.15. The molecular formula is C24H28N2O4. The zero-order valence-corrected chi connectivity index (χ0v) is 18.1. The van der Waals surface area contributed by atoms with Gasteiger partial charge in [0, 0.05) is 24.1 Å². The Morgan fingerprint density at radius 3 is 2.33 bits per heavy atom. The third-order valence-corrected chi connectivity index (χ3v) is 6.34. The van der Waals surface area contributed by atoms with E-state index < -0.39 is 5.66 Å². The molecule has 0 saturated carbocycles. The number of fused-ring (bicyclic) bond motifs is 3. The molecule has 1 fully saturated rings. The van der Waals surface area contributed by atoms with E-state index >= 15 is 0 Å². The van der Waals surface area contributed by atoms with Gasteiger partial charge in [-0.05, 0) is 35.4 Å². The van der Waals surface area contributed by atoms with Crippen LogP contribution >= 0.6 is 0 Å². The predicted molar refractivity (Wildman–Crippen MR) is 117 cm³/mol. The molecule has 2 aromatic rings. The Morgan fingerprint density at radius 1 is 1.03 bits per heavy atom. The average Bonchev–Trinajstić information content (AvgIpc) is 2.95. The lowest BCUT2D eigenvalue weighted by molar-refractivity contribution is -0.124. The topological polar surface area (TPSA) is 60.0 Å². The number of carbonyl (C=O) groups is 1. The van der Waals surface area contributed by atoms with E-state index in [9.17, 15) is 4.79 Å². The smallest absolute Gasteiger partial charge is 0.223 e. The third-order valence-electron chi connectivity index (χ3n) is 6.34. The van der Waals surface area contributed by atoms with Crippen molar-refractivity contribution in [2.24, 2.45) is 0 Å². The van der Waals surface area contributed by atoms with Crippen molar-refractivity contribution in [2.75, 3.05) is 32.8 Å². The molecule has 0 bridgehead atoms.